The Balaban J connectivity index is 0.000000745. The average molecular weight is 339 g/mol. The fraction of sp³-hybridized carbons (Fsp3) is 0.250. The number of halogens is 1. The minimum absolute atomic E-state index is 0.562. The molecule has 0 radical (unpaired) electrons. The van der Waals surface area contributed by atoms with Crippen LogP contribution in [0.15, 0.2) is 59.4 Å². The third kappa shape index (κ3) is 5.16. The first-order valence-electron chi connectivity index (χ1n) is 6.77. The lowest BCUT2D eigenvalue weighted by Crippen LogP contribution is -2.27. The Hall–Kier alpha value is -1.85. The number of nitrogens with zero attached hydrogens (tertiary/aromatic N) is 1. The molecular formula is C16H19ClN2O2S. The van der Waals surface area contributed by atoms with Gasteiger partial charge < -0.3 is 10.6 Å². The van der Waals surface area contributed by atoms with Gasteiger partial charge in [-0.05, 0) is 43.5 Å². The highest BCUT2D eigenvalue weighted by atomic mass is 35.5. The number of rotatable bonds is 3. The Labute approximate surface area is 139 Å². The number of para-hydroxylation sites is 1. The number of aryl methyl sites for hydroxylation is 1. The van der Waals surface area contributed by atoms with Crippen molar-refractivity contribution >= 4 is 28.9 Å². The number of benzene rings is 1. The van der Waals surface area contributed by atoms with E-state index in [4.69, 9.17) is 25.8 Å². The predicted molar refractivity (Wildman–Crippen MR) is 92.0 cm³/mol. The van der Waals surface area contributed by atoms with Crippen molar-refractivity contribution in [2.75, 3.05) is 11.4 Å². The van der Waals surface area contributed by atoms with Gasteiger partial charge in [-0.15, -0.1) is 0 Å². The van der Waals surface area contributed by atoms with Gasteiger partial charge in [-0.3, -0.25) is 0 Å². The van der Waals surface area contributed by atoms with Crippen molar-refractivity contribution in [2.24, 2.45) is 5.73 Å². The number of fused-ring (bicyclic) bond motifs is 1. The van der Waals surface area contributed by atoms with Crippen molar-refractivity contribution in [2.45, 2.75) is 19.8 Å². The van der Waals surface area contributed by atoms with E-state index in [-0.39, 0.29) is 0 Å². The van der Waals surface area contributed by atoms with E-state index in [0.717, 1.165) is 25.1 Å². The largest absolute Gasteiger partial charge is 0.401 e. The Morgan fingerprint density at radius 3 is 2.64 bits per heavy atom. The summed E-state index contributed by atoms with van der Waals surface area (Å²) in [5, 5.41) is 0.562. The van der Waals surface area contributed by atoms with Crippen molar-refractivity contribution in [3.05, 3.63) is 65.0 Å². The Morgan fingerprint density at radius 2 is 2.00 bits per heavy atom. The topological polar surface area (TPSA) is 63.4 Å². The van der Waals surface area contributed by atoms with Crippen LogP contribution < -0.4 is 10.6 Å². The molecule has 2 N–H and O–H groups in total. The average Bonchev–Trinajstić information content (AvgIpc) is 2.52. The Morgan fingerprint density at radius 1 is 1.36 bits per heavy atom. The molecule has 1 heterocycles. The molecule has 0 atom stereocenters. The number of hydrogen-bond acceptors (Lipinski definition) is 4. The first-order chi connectivity index (χ1) is 10.5. The molecule has 6 heteroatoms. The molecule has 0 aliphatic carbocycles. The molecule has 1 aromatic carbocycles. The third-order valence-electron chi connectivity index (χ3n) is 3.26. The highest BCUT2D eigenvalue weighted by molar-refractivity contribution is 7.51. The quantitative estimate of drug-likeness (QED) is 0.859. The Bertz CT molecular complexity index is 631. The maximum absolute atomic E-state index is 8.29. The second-order valence-electron chi connectivity index (χ2n) is 4.81. The van der Waals surface area contributed by atoms with E-state index in [0.29, 0.717) is 10.7 Å². The van der Waals surface area contributed by atoms with Crippen molar-refractivity contribution in [1.82, 2.24) is 0 Å². The minimum atomic E-state index is -0.750. The van der Waals surface area contributed by atoms with Gasteiger partial charge in [-0.2, -0.15) is 8.42 Å². The van der Waals surface area contributed by atoms with Gasteiger partial charge >= 0.3 is 11.6 Å². The molecule has 0 aromatic heterocycles. The molecule has 0 unspecified atom stereocenters. The van der Waals surface area contributed by atoms with Gasteiger partial charge in [0.1, 0.15) is 0 Å². The van der Waals surface area contributed by atoms with Gasteiger partial charge in [0.05, 0.1) is 5.03 Å². The maximum Gasteiger partial charge on any atom is 0.335 e. The van der Waals surface area contributed by atoms with E-state index < -0.39 is 11.6 Å². The standard InChI is InChI=1S/C16H19ClN2.O2S/c1-12(9-10-15(17)13(2)18)19-11-5-7-14-6-3-4-8-16(14)19;1-3-2/h3-4,6,8-10H,1,5,7,11,18H2,2H3;/b10-9-,15-13-;. The van der Waals surface area contributed by atoms with Gasteiger partial charge in [0.25, 0.3) is 0 Å². The first-order valence-corrected chi connectivity index (χ1v) is 7.81. The van der Waals surface area contributed by atoms with Crippen molar-refractivity contribution < 1.29 is 8.42 Å². The van der Waals surface area contributed by atoms with Crippen molar-refractivity contribution in [1.29, 1.82) is 0 Å². The second-order valence-corrected chi connectivity index (χ2v) is 5.35. The maximum atomic E-state index is 8.29. The third-order valence-corrected chi connectivity index (χ3v) is 3.68. The van der Waals surface area contributed by atoms with E-state index in [9.17, 15) is 0 Å². The van der Waals surface area contributed by atoms with Crippen molar-refractivity contribution in [3.63, 3.8) is 0 Å². The summed E-state index contributed by atoms with van der Waals surface area (Å²) in [5.74, 6) is 0. The lowest BCUT2D eigenvalue weighted by molar-refractivity contribution is 0.630. The zero-order valence-electron chi connectivity index (χ0n) is 12.4. The smallest absolute Gasteiger partial charge is 0.335 e. The van der Waals surface area contributed by atoms with Gasteiger partial charge in [-0.1, -0.05) is 36.4 Å². The summed E-state index contributed by atoms with van der Waals surface area (Å²) in [4.78, 5) is 2.23. The molecule has 1 aliphatic rings. The Kier molecular flexibility index (Phi) is 7.63. The SMILES string of the molecule is C=C(/C=C\C(Cl)=C(/C)N)N1CCCc2ccccc21.O=S=O. The number of nitrogens with two attached hydrogens (primary N) is 1. The van der Waals surface area contributed by atoms with Crippen LogP contribution in [-0.2, 0) is 18.0 Å². The highest BCUT2D eigenvalue weighted by Gasteiger charge is 2.16. The molecule has 0 fully saturated rings. The monoisotopic (exact) mass is 338 g/mol. The zero-order valence-corrected chi connectivity index (χ0v) is 14.0. The van der Waals surface area contributed by atoms with Crippen LogP contribution in [0.4, 0.5) is 5.69 Å². The van der Waals surface area contributed by atoms with Gasteiger partial charge in [0, 0.05) is 23.6 Å². The predicted octanol–water partition coefficient (Wildman–Crippen LogP) is 3.27. The van der Waals surface area contributed by atoms with Crippen LogP contribution in [0.25, 0.3) is 0 Å². The lowest BCUT2D eigenvalue weighted by atomic mass is 10.0. The van der Waals surface area contributed by atoms with Gasteiger partial charge in [0.2, 0.25) is 0 Å². The summed E-state index contributed by atoms with van der Waals surface area (Å²) in [7, 11) is 0. The van der Waals surface area contributed by atoms with E-state index in [1.165, 1.54) is 11.3 Å². The van der Waals surface area contributed by atoms with Crippen LogP contribution in [0.3, 0.4) is 0 Å². The van der Waals surface area contributed by atoms with E-state index in [1.807, 2.05) is 6.08 Å². The normalized spacial score (nSPS) is 14.5. The lowest BCUT2D eigenvalue weighted by Gasteiger charge is -2.31. The first kappa shape index (κ1) is 18.2. The van der Waals surface area contributed by atoms with Crippen LogP contribution in [0.5, 0.6) is 0 Å². The zero-order chi connectivity index (χ0) is 16.5. The molecule has 22 heavy (non-hydrogen) atoms. The second kappa shape index (κ2) is 9.23. The van der Waals surface area contributed by atoms with Crippen LogP contribution in [-0.4, -0.2) is 15.0 Å². The summed E-state index contributed by atoms with van der Waals surface area (Å²) in [6.45, 7) is 6.90. The molecule has 1 aromatic rings. The molecular weight excluding hydrogens is 320 g/mol. The van der Waals surface area contributed by atoms with Crippen molar-refractivity contribution in [3.8, 4) is 0 Å². The van der Waals surface area contributed by atoms with E-state index in [1.54, 1.807) is 13.0 Å². The number of hydrogen-bond donors (Lipinski definition) is 1. The molecule has 0 amide bonds. The number of allylic oxidation sites excluding steroid dienone is 4. The summed E-state index contributed by atoms with van der Waals surface area (Å²) < 4.78 is 16.6. The molecule has 1 aliphatic heterocycles. The van der Waals surface area contributed by atoms with Gasteiger partial charge in [0.15, 0.2) is 0 Å². The highest BCUT2D eigenvalue weighted by Crippen LogP contribution is 2.29. The molecule has 0 saturated heterocycles. The molecule has 4 nitrogen and oxygen atoms in total. The van der Waals surface area contributed by atoms with Crippen LogP contribution in [0.2, 0.25) is 0 Å². The van der Waals surface area contributed by atoms with Crippen LogP contribution in [0.1, 0.15) is 18.9 Å². The summed E-state index contributed by atoms with van der Waals surface area (Å²) >= 11 is 5.26. The number of anilines is 1. The fourth-order valence-corrected chi connectivity index (χ4v) is 2.29. The molecule has 0 spiro atoms. The summed E-state index contributed by atoms with van der Waals surface area (Å²) in [6, 6.07) is 8.46. The summed E-state index contributed by atoms with van der Waals surface area (Å²) in [6.07, 6.45) is 5.99. The summed E-state index contributed by atoms with van der Waals surface area (Å²) in [5.41, 5.74) is 9.80. The van der Waals surface area contributed by atoms with Crippen LogP contribution >= 0.6 is 11.6 Å². The van der Waals surface area contributed by atoms with E-state index >= 15 is 0 Å². The minimum Gasteiger partial charge on any atom is -0.401 e. The van der Waals surface area contributed by atoms with E-state index in [2.05, 4.69) is 35.7 Å². The molecule has 2 rings (SSSR count). The van der Waals surface area contributed by atoms with Crippen LogP contribution in [0, 0.1) is 0 Å². The molecule has 0 bridgehead atoms. The molecule has 0 saturated carbocycles. The van der Waals surface area contributed by atoms with Gasteiger partial charge in [-0.25, -0.2) is 0 Å². The molecule has 118 valence electrons. The fourth-order valence-electron chi connectivity index (χ4n) is 2.22.